The molecule has 0 radical (unpaired) electrons. The van der Waals surface area contributed by atoms with E-state index in [1.807, 2.05) is 6.07 Å². The molecule has 1 saturated heterocycles. The van der Waals surface area contributed by atoms with E-state index < -0.39 is 5.91 Å². The molecule has 2 aromatic heterocycles. The summed E-state index contributed by atoms with van der Waals surface area (Å²) in [4.78, 5) is 36.0. The number of likely N-dealkylation sites (tertiary alicyclic amines) is 1. The predicted molar refractivity (Wildman–Crippen MR) is 162 cm³/mol. The number of pyridine rings is 1. The number of allylic oxidation sites excluding steroid dienone is 2. The van der Waals surface area contributed by atoms with Gasteiger partial charge in [0.25, 0.3) is 5.91 Å². The number of ether oxygens (including phenoxy) is 3. The number of piperidine rings is 1. The molecule has 0 saturated carbocycles. The van der Waals surface area contributed by atoms with Crippen molar-refractivity contribution >= 4 is 29.1 Å². The first-order valence-electron chi connectivity index (χ1n) is 14.0. The van der Waals surface area contributed by atoms with Crippen LogP contribution in [0.3, 0.4) is 0 Å². The van der Waals surface area contributed by atoms with Crippen molar-refractivity contribution in [2.75, 3.05) is 47.0 Å². The fraction of sp³-hybridized carbons (Fsp3) is 0.355. The number of nitrogens with zero attached hydrogens (tertiary/aromatic N) is 4. The van der Waals surface area contributed by atoms with Gasteiger partial charge >= 0.3 is 6.03 Å². The summed E-state index contributed by atoms with van der Waals surface area (Å²) in [5.74, 6) is 1.11. The summed E-state index contributed by atoms with van der Waals surface area (Å²) in [6.45, 7) is 6.02. The van der Waals surface area contributed by atoms with E-state index in [0.29, 0.717) is 40.9 Å². The summed E-state index contributed by atoms with van der Waals surface area (Å²) in [7, 11) is 3.14. The number of aliphatic imine (C=N–C) groups is 1. The minimum absolute atomic E-state index is 0.269. The van der Waals surface area contributed by atoms with E-state index in [4.69, 9.17) is 19.9 Å². The monoisotopic (exact) mass is 574 g/mol. The normalized spacial score (nSPS) is 15.1. The minimum Gasteiger partial charge on any atom is -0.487 e. The Labute approximate surface area is 245 Å². The number of carbonyl (C=O) groups excluding carboxylic acids is 2. The van der Waals surface area contributed by atoms with Crippen LogP contribution in [0.1, 0.15) is 41.7 Å². The van der Waals surface area contributed by atoms with Gasteiger partial charge in [-0.2, -0.15) is 0 Å². The standard InChI is InChI=1S/C31H38N6O5/c1-4-36-14-9-22(10-15-36)26-6-5-24(21-35-26)30(38)34-13-8-25(7-12-32)42-29-19-23-11-16-37(31(39)33-2)27(23)20-28(29)41-18-17-40-3/h5-8,11-13,16,19-22H,4,9-10,14-15,17-18,32H2,1-3H3,(H,33,39)/b12-7+,25-8+,34-13-. The number of amides is 2. The quantitative estimate of drug-likeness (QED) is 0.151. The average molecular weight is 575 g/mol. The van der Waals surface area contributed by atoms with Crippen molar-refractivity contribution in [1.82, 2.24) is 19.8 Å². The molecule has 11 heteroatoms. The van der Waals surface area contributed by atoms with Crippen molar-refractivity contribution in [2.45, 2.75) is 25.7 Å². The van der Waals surface area contributed by atoms with E-state index >= 15 is 0 Å². The Morgan fingerprint density at radius 1 is 1.17 bits per heavy atom. The van der Waals surface area contributed by atoms with Gasteiger partial charge in [-0.05, 0) is 75.1 Å². The highest BCUT2D eigenvalue weighted by Crippen LogP contribution is 2.34. The van der Waals surface area contributed by atoms with Crippen LogP contribution in [-0.4, -0.2) is 79.6 Å². The summed E-state index contributed by atoms with van der Waals surface area (Å²) < 4.78 is 18.6. The van der Waals surface area contributed by atoms with Crippen LogP contribution in [-0.2, 0) is 4.74 Å². The lowest BCUT2D eigenvalue weighted by Crippen LogP contribution is -2.32. The number of nitrogens with one attached hydrogen (secondary N) is 1. The fourth-order valence-electron chi connectivity index (χ4n) is 4.78. The molecule has 0 atom stereocenters. The second-order valence-electron chi connectivity index (χ2n) is 9.73. The SMILES string of the molecule is CCN1CCC(c2ccc(C(=O)\N=C/C=C(\C=C\N)Oc3cc4ccn(C(=O)NC)c4cc3OCCOC)cn2)CC1. The van der Waals surface area contributed by atoms with Gasteiger partial charge in [0.15, 0.2) is 11.5 Å². The van der Waals surface area contributed by atoms with Gasteiger partial charge < -0.3 is 30.2 Å². The highest BCUT2D eigenvalue weighted by atomic mass is 16.5. The molecule has 11 nitrogen and oxygen atoms in total. The van der Waals surface area contributed by atoms with E-state index in [0.717, 1.165) is 43.6 Å². The molecule has 3 N–H and O–H groups in total. The summed E-state index contributed by atoms with van der Waals surface area (Å²) in [6.07, 6.45) is 11.1. The number of hydrogen-bond acceptors (Lipinski definition) is 8. The zero-order chi connectivity index (χ0) is 29.9. The maximum Gasteiger partial charge on any atom is 0.325 e. The van der Waals surface area contributed by atoms with Gasteiger partial charge in [-0.15, -0.1) is 0 Å². The predicted octanol–water partition coefficient (Wildman–Crippen LogP) is 4.09. The molecule has 2 amide bonds. The molecule has 1 aliphatic rings. The maximum absolute atomic E-state index is 12.7. The molecular formula is C31H38N6O5. The van der Waals surface area contributed by atoms with Gasteiger partial charge in [-0.25, -0.2) is 9.79 Å². The highest BCUT2D eigenvalue weighted by molar-refractivity contribution is 6.00. The van der Waals surface area contributed by atoms with Crippen molar-refractivity contribution in [3.8, 4) is 11.5 Å². The van der Waals surface area contributed by atoms with Crippen LogP contribution in [0.2, 0.25) is 0 Å². The molecule has 1 fully saturated rings. The Bertz CT molecular complexity index is 1450. The molecule has 222 valence electrons. The van der Waals surface area contributed by atoms with E-state index in [1.165, 1.54) is 29.1 Å². The molecule has 42 heavy (non-hydrogen) atoms. The second kappa shape index (κ2) is 14.9. The third-order valence-corrected chi connectivity index (χ3v) is 7.14. The number of fused-ring (bicyclic) bond motifs is 1. The zero-order valence-corrected chi connectivity index (χ0v) is 24.3. The van der Waals surface area contributed by atoms with Crippen LogP contribution in [0.15, 0.2) is 71.8 Å². The Morgan fingerprint density at radius 3 is 2.64 bits per heavy atom. The van der Waals surface area contributed by atoms with E-state index in [1.54, 1.807) is 50.8 Å². The van der Waals surface area contributed by atoms with Crippen LogP contribution >= 0.6 is 0 Å². The van der Waals surface area contributed by atoms with E-state index in [-0.39, 0.29) is 12.6 Å². The number of benzene rings is 1. The number of aromatic nitrogens is 2. The topological polar surface area (TPSA) is 133 Å². The van der Waals surface area contributed by atoms with Gasteiger partial charge in [0.2, 0.25) is 0 Å². The van der Waals surface area contributed by atoms with Gasteiger partial charge in [0, 0.05) is 55.8 Å². The van der Waals surface area contributed by atoms with Crippen molar-refractivity contribution in [2.24, 2.45) is 10.7 Å². The number of methoxy groups -OCH3 is 1. The Kier molecular flexibility index (Phi) is 10.8. The average Bonchev–Trinajstić information content (AvgIpc) is 3.43. The van der Waals surface area contributed by atoms with Gasteiger partial charge in [0.05, 0.1) is 17.7 Å². The highest BCUT2D eigenvalue weighted by Gasteiger charge is 2.21. The third kappa shape index (κ3) is 7.62. The van der Waals surface area contributed by atoms with E-state index in [9.17, 15) is 9.59 Å². The Balaban J connectivity index is 1.49. The zero-order valence-electron chi connectivity index (χ0n) is 24.3. The second-order valence-corrected chi connectivity index (χ2v) is 9.73. The lowest BCUT2D eigenvalue weighted by atomic mass is 9.93. The van der Waals surface area contributed by atoms with Gasteiger partial charge in [-0.3, -0.25) is 14.3 Å². The van der Waals surface area contributed by atoms with Gasteiger partial charge in [0.1, 0.15) is 12.4 Å². The van der Waals surface area contributed by atoms with Crippen molar-refractivity contribution in [1.29, 1.82) is 0 Å². The summed E-state index contributed by atoms with van der Waals surface area (Å²) in [5.41, 5.74) is 7.73. The number of carbonyl (C=O) groups is 2. The van der Waals surface area contributed by atoms with Gasteiger partial charge in [-0.1, -0.05) is 6.92 Å². The molecule has 0 spiro atoms. The van der Waals surface area contributed by atoms with Crippen LogP contribution < -0.4 is 20.5 Å². The lowest BCUT2D eigenvalue weighted by Gasteiger charge is -2.30. The molecule has 1 aromatic carbocycles. The smallest absolute Gasteiger partial charge is 0.325 e. The van der Waals surface area contributed by atoms with Crippen LogP contribution in [0.4, 0.5) is 4.79 Å². The first-order valence-corrected chi connectivity index (χ1v) is 14.0. The number of rotatable bonds is 11. The largest absolute Gasteiger partial charge is 0.487 e. The Hall–Kier alpha value is -4.48. The summed E-state index contributed by atoms with van der Waals surface area (Å²) in [5, 5.41) is 3.38. The van der Waals surface area contributed by atoms with Crippen LogP contribution in [0, 0.1) is 0 Å². The van der Waals surface area contributed by atoms with E-state index in [2.05, 4.69) is 27.1 Å². The molecule has 3 aromatic rings. The molecular weight excluding hydrogens is 536 g/mol. The van der Waals surface area contributed by atoms with Crippen molar-refractivity contribution in [3.63, 3.8) is 0 Å². The van der Waals surface area contributed by atoms with Crippen LogP contribution in [0.25, 0.3) is 10.9 Å². The fourth-order valence-corrected chi connectivity index (χ4v) is 4.78. The molecule has 0 unspecified atom stereocenters. The van der Waals surface area contributed by atoms with Crippen molar-refractivity contribution < 1.29 is 23.8 Å². The number of hydrogen-bond donors (Lipinski definition) is 2. The molecule has 3 heterocycles. The van der Waals surface area contributed by atoms with Crippen LogP contribution in [0.5, 0.6) is 11.5 Å². The Morgan fingerprint density at radius 2 is 1.98 bits per heavy atom. The molecule has 1 aliphatic heterocycles. The molecule has 0 aliphatic carbocycles. The molecule has 0 bridgehead atoms. The third-order valence-electron chi connectivity index (χ3n) is 7.14. The van der Waals surface area contributed by atoms with Crippen molar-refractivity contribution in [3.05, 3.63) is 78.1 Å². The first-order chi connectivity index (χ1) is 20.5. The number of nitrogens with two attached hydrogens (primary N) is 1. The molecule has 4 rings (SSSR count). The maximum atomic E-state index is 12.7. The minimum atomic E-state index is -0.414. The summed E-state index contributed by atoms with van der Waals surface area (Å²) in [6, 6.07) is 8.70. The lowest BCUT2D eigenvalue weighted by molar-refractivity contribution is 0.100. The first kappa shape index (κ1) is 30.5. The summed E-state index contributed by atoms with van der Waals surface area (Å²) >= 11 is 0.